The zero-order chi connectivity index (χ0) is 16.9. The van der Waals surface area contributed by atoms with Crippen LogP contribution in [-0.2, 0) is 11.3 Å². The van der Waals surface area contributed by atoms with Crippen LogP contribution in [0.3, 0.4) is 0 Å². The number of para-hydroxylation sites is 3. The summed E-state index contributed by atoms with van der Waals surface area (Å²) in [5.74, 6) is 0.549. The molecule has 0 saturated heterocycles. The molecular formula is C19H19NO4. The van der Waals surface area contributed by atoms with Crippen molar-refractivity contribution in [1.82, 2.24) is 0 Å². The molecule has 1 N–H and O–H groups in total. The summed E-state index contributed by atoms with van der Waals surface area (Å²) in [7, 11) is 1.59. The van der Waals surface area contributed by atoms with E-state index in [1.165, 1.54) is 0 Å². The average Bonchev–Trinajstić information content (AvgIpc) is 2.96. The first-order valence-corrected chi connectivity index (χ1v) is 7.77. The van der Waals surface area contributed by atoms with E-state index in [4.69, 9.17) is 13.9 Å². The van der Waals surface area contributed by atoms with E-state index >= 15 is 0 Å². The second kappa shape index (κ2) is 7.19. The SMILES string of the molecule is CCOc1ccccc1NC(=O)c1oc2ccccc2c1COC. The molecule has 0 aliphatic heterocycles. The quantitative estimate of drug-likeness (QED) is 0.737. The fourth-order valence-electron chi connectivity index (χ4n) is 2.60. The van der Waals surface area contributed by atoms with Gasteiger partial charge in [-0.05, 0) is 25.1 Å². The number of nitrogens with one attached hydrogen (secondary N) is 1. The topological polar surface area (TPSA) is 60.7 Å². The second-order valence-corrected chi connectivity index (χ2v) is 5.22. The minimum atomic E-state index is -0.328. The number of furan rings is 1. The molecule has 2 aromatic carbocycles. The normalized spacial score (nSPS) is 10.8. The lowest BCUT2D eigenvalue weighted by molar-refractivity contribution is 0.0991. The van der Waals surface area contributed by atoms with Gasteiger partial charge in [-0.15, -0.1) is 0 Å². The van der Waals surface area contributed by atoms with Crippen LogP contribution in [0.5, 0.6) is 5.75 Å². The number of methoxy groups -OCH3 is 1. The molecule has 0 aliphatic carbocycles. The van der Waals surface area contributed by atoms with Crippen molar-refractivity contribution in [2.24, 2.45) is 0 Å². The van der Waals surface area contributed by atoms with E-state index in [9.17, 15) is 4.79 Å². The van der Waals surface area contributed by atoms with E-state index in [1.54, 1.807) is 13.2 Å². The molecule has 0 radical (unpaired) electrons. The number of ether oxygens (including phenoxy) is 2. The highest BCUT2D eigenvalue weighted by Gasteiger charge is 2.21. The lowest BCUT2D eigenvalue weighted by Gasteiger charge is -2.10. The second-order valence-electron chi connectivity index (χ2n) is 5.22. The largest absolute Gasteiger partial charge is 0.492 e. The number of anilines is 1. The Morgan fingerprint density at radius 3 is 2.67 bits per heavy atom. The van der Waals surface area contributed by atoms with Crippen LogP contribution in [0.4, 0.5) is 5.69 Å². The van der Waals surface area contributed by atoms with Gasteiger partial charge in [-0.2, -0.15) is 0 Å². The minimum absolute atomic E-state index is 0.254. The van der Waals surface area contributed by atoms with Crippen molar-refractivity contribution in [1.29, 1.82) is 0 Å². The summed E-state index contributed by atoms with van der Waals surface area (Å²) in [6.45, 7) is 2.72. The fourth-order valence-corrected chi connectivity index (χ4v) is 2.60. The Bertz CT molecular complexity index is 853. The third-order valence-electron chi connectivity index (χ3n) is 3.63. The summed E-state index contributed by atoms with van der Waals surface area (Å²) in [5, 5.41) is 3.74. The van der Waals surface area contributed by atoms with E-state index in [1.807, 2.05) is 49.4 Å². The smallest absolute Gasteiger partial charge is 0.291 e. The number of fused-ring (bicyclic) bond motifs is 1. The molecule has 0 fully saturated rings. The van der Waals surface area contributed by atoms with E-state index in [2.05, 4.69) is 5.32 Å². The van der Waals surface area contributed by atoms with Gasteiger partial charge in [0.05, 0.1) is 18.9 Å². The van der Waals surface area contributed by atoms with E-state index < -0.39 is 0 Å². The number of hydrogen-bond donors (Lipinski definition) is 1. The van der Waals surface area contributed by atoms with Crippen molar-refractivity contribution in [2.45, 2.75) is 13.5 Å². The first-order chi connectivity index (χ1) is 11.7. The summed E-state index contributed by atoms with van der Waals surface area (Å²) in [4.78, 5) is 12.7. The maximum Gasteiger partial charge on any atom is 0.291 e. The van der Waals surface area contributed by atoms with Crippen LogP contribution >= 0.6 is 0 Å². The van der Waals surface area contributed by atoms with Gasteiger partial charge in [0.25, 0.3) is 5.91 Å². The Morgan fingerprint density at radius 2 is 1.88 bits per heavy atom. The molecule has 3 rings (SSSR count). The van der Waals surface area contributed by atoms with Crippen molar-refractivity contribution in [3.05, 3.63) is 59.9 Å². The van der Waals surface area contributed by atoms with Gasteiger partial charge in [0.1, 0.15) is 11.3 Å². The van der Waals surface area contributed by atoms with Gasteiger partial charge in [-0.25, -0.2) is 0 Å². The van der Waals surface area contributed by atoms with Crippen molar-refractivity contribution in [3.63, 3.8) is 0 Å². The number of benzene rings is 2. The van der Waals surface area contributed by atoms with Crippen LogP contribution in [0.15, 0.2) is 52.9 Å². The van der Waals surface area contributed by atoms with Crippen LogP contribution in [0, 0.1) is 0 Å². The predicted molar refractivity (Wildman–Crippen MR) is 92.5 cm³/mol. The Balaban J connectivity index is 1.96. The highest BCUT2D eigenvalue weighted by molar-refractivity contribution is 6.07. The van der Waals surface area contributed by atoms with Gasteiger partial charge in [0.15, 0.2) is 5.76 Å². The summed E-state index contributed by atoms with van der Waals surface area (Å²) < 4.78 is 16.5. The molecule has 124 valence electrons. The molecule has 5 nitrogen and oxygen atoms in total. The molecule has 0 unspecified atom stereocenters. The fraction of sp³-hybridized carbons (Fsp3) is 0.211. The molecule has 0 atom stereocenters. The zero-order valence-electron chi connectivity index (χ0n) is 13.7. The lowest BCUT2D eigenvalue weighted by Crippen LogP contribution is -2.14. The molecule has 24 heavy (non-hydrogen) atoms. The van der Waals surface area contributed by atoms with Crippen LogP contribution in [0.25, 0.3) is 11.0 Å². The maximum atomic E-state index is 12.7. The number of hydrogen-bond acceptors (Lipinski definition) is 4. The lowest BCUT2D eigenvalue weighted by atomic mass is 10.1. The predicted octanol–water partition coefficient (Wildman–Crippen LogP) is 4.23. The number of carbonyl (C=O) groups excluding carboxylic acids is 1. The number of rotatable bonds is 6. The highest BCUT2D eigenvalue weighted by atomic mass is 16.5. The molecular weight excluding hydrogens is 306 g/mol. The van der Waals surface area contributed by atoms with Crippen LogP contribution < -0.4 is 10.1 Å². The van der Waals surface area contributed by atoms with Crippen LogP contribution in [0.1, 0.15) is 23.0 Å². The van der Waals surface area contributed by atoms with Gasteiger partial charge >= 0.3 is 0 Å². The molecule has 0 saturated carbocycles. The van der Waals surface area contributed by atoms with Crippen molar-refractivity contribution < 1.29 is 18.7 Å². The first kappa shape index (κ1) is 16.1. The Morgan fingerprint density at radius 1 is 1.12 bits per heavy atom. The molecule has 1 heterocycles. The van der Waals surface area contributed by atoms with Crippen molar-refractivity contribution in [2.75, 3.05) is 19.0 Å². The first-order valence-electron chi connectivity index (χ1n) is 7.77. The maximum absolute atomic E-state index is 12.7. The van der Waals surface area contributed by atoms with Crippen LogP contribution in [0.2, 0.25) is 0 Å². The minimum Gasteiger partial charge on any atom is -0.492 e. The number of amides is 1. The van der Waals surface area contributed by atoms with E-state index in [-0.39, 0.29) is 11.7 Å². The van der Waals surface area contributed by atoms with Crippen molar-refractivity contribution in [3.8, 4) is 5.75 Å². The molecule has 0 spiro atoms. The Labute approximate surface area is 140 Å². The highest BCUT2D eigenvalue weighted by Crippen LogP contribution is 2.29. The third-order valence-corrected chi connectivity index (χ3v) is 3.63. The van der Waals surface area contributed by atoms with Gasteiger partial charge in [0, 0.05) is 18.1 Å². The van der Waals surface area contributed by atoms with Gasteiger partial charge in [-0.1, -0.05) is 30.3 Å². The average molecular weight is 325 g/mol. The Hall–Kier alpha value is -2.79. The molecule has 5 heteroatoms. The summed E-state index contributed by atoms with van der Waals surface area (Å²) in [6.07, 6.45) is 0. The summed E-state index contributed by atoms with van der Waals surface area (Å²) in [5.41, 5.74) is 2.00. The molecule has 3 aromatic rings. The Kier molecular flexibility index (Phi) is 4.82. The van der Waals surface area contributed by atoms with Gasteiger partial charge in [0.2, 0.25) is 0 Å². The number of carbonyl (C=O) groups is 1. The third kappa shape index (κ3) is 3.12. The molecule has 0 bridgehead atoms. The van der Waals surface area contributed by atoms with Crippen LogP contribution in [-0.4, -0.2) is 19.6 Å². The van der Waals surface area contributed by atoms with Crippen molar-refractivity contribution >= 4 is 22.6 Å². The van der Waals surface area contributed by atoms with Gasteiger partial charge < -0.3 is 19.2 Å². The molecule has 1 amide bonds. The van der Waals surface area contributed by atoms with E-state index in [0.717, 1.165) is 10.9 Å². The molecule has 0 aliphatic rings. The van der Waals surface area contributed by atoms with Gasteiger partial charge in [-0.3, -0.25) is 4.79 Å². The summed E-state index contributed by atoms with van der Waals surface area (Å²) in [6, 6.07) is 14.8. The standard InChI is InChI=1S/C19H19NO4/c1-3-23-17-11-7-5-9-15(17)20-19(21)18-14(12-22-2)13-8-4-6-10-16(13)24-18/h4-11H,3,12H2,1-2H3,(H,20,21). The van der Waals surface area contributed by atoms with E-state index in [0.29, 0.717) is 30.2 Å². The summed E-state index contributed by atoms with van der Waals surface area (Å²) >= 11 is 0. The monoisotopic (exact) mass is 325 g/mol. The molecule has 1 aromatic heterocycles. The zero-order valence-corrected chi connectivity index (χ0v) is 13.7.